The van der Waals surface area contributed by atoms with Gasteiger partial charge >= 0.3 is 0 Å². The van der Waals surface area contributed by atoms with Gasteiger partial charge in [-0.05, 0) is 30.7 Å². The van der Waals surface area contributed by atoms with Gasteiger partial charge in [-0.3, -0.25) is 9.78 Å². The first-order valence-corrected chi connectivity index (χ1v) is 9.51. The van der Waals surface area contributed by atoms with Crippen molar-refractivity contribution in [1.29, 1.82) is 0 Å². The van der Waals surface area contributed by atoms with E-state index in [0.29, 0.717) is 18.7 Å². The zero-order valence-electron chi connectivity index (χ0n) is 16.4. The number of hydrogen-bond donors (Lipinski definition) is 1. The highest BCUT2D eigenvalue weighted by Crippen LogP contribution is 2.24. The minimum atomic E-state index is -0.158. The topological polar surface area (TPSA) is 69.0 Å². The van der Waals surface area contributed by atoms with Gasteiger partial charge in [0.05, 0.1) is 24.7 Å². The predicted molar refractivity (Wildman–Crippen MR) is 115 cm³/mol. The van der Waals surface area contributed by atoms with Crippen molar-refractivity contribution in [3.8, 4) is 5.75 Å². The molecule has 6 heteroatoms. The lowest BCUT2D eigenvalue weighted by Crippen LogP contribution is -2.25. The third-order valence-electron chi connectivity index (χ3n) is 4.78. The maximum absolute atomic E-state index is 12.8. The van der Waals surface area contributed by atoms with Crippen LogP contribution in [-0.4, -0.2) is 21.9 Å². The van der Waals surface area contributed by atoms with E-state index in [1.807, 2.05) is 67.7 Å². The number of pyridine rings is 1. The summed E-state index contributed by atoms with van der Waals surface area (Å²) in [4.78, 5) is 17.1. The van der Waals surface area contributed by atoms with Gasteiger partial charge in [0, 0.05) is 29.9 Å². The summed E-state index contributed by atoms with van der Waals surface area (Å²) in [5.41, 5.74) is 2.99. The molecule has 4 aromatic rings. The van der Waals surface area contributed by atoms with Crippen molar-refractivity contribution in [3.63, 3.8) is 0 Å². The second-order valence-corrected chi connectivity index (χ2v) is 6.73. The monoisotopic (exact) mass is 386 g/mol. The lowest BCUT2D eigenvalue weighted by molar-refractivity contribution is 0.414. The van der Waals surface area contributed by atoms with Crippen molar-refractivity contribution in [2.24, 2.45) is 0 Å². The van der Waals surface area contributed by atoms with E-state index in [1.165, 1.54) is 4.68 Å². The number of methoxy groups -OCH3 is 1. The summed E-state index contributed by atoms with van der Waals surface area (Å²) in [5, 5.41) is 9.82. The number of anilines is 2. The van der Waals surface area contributed by atoms with E-state index in [2.05, 4.69) is 15.4 Å². The number of aryl methyl sites for hydroxylation is 1. The summed E-state index contributed by atoms with van der Waals surface area (Å²) in [7, 11) is 1.65. The van der Waals surface area contributed by atoms with Crippen LogP contribution in [0.2, 0.25) is 0 Å². The van der Waals surface area contributed by atoms with E-state index >= 15 is 0 Å². The Hall–Kier alpha value is -3.67. The molecule has 0 saturated heterocycles. The van der Waals surface area contributed by atoms with Crippen molar-refractivity contribution in [1.82, 2.24) is 14.8 Å². The number of hydrogen-bond acceptors (Lipinski definition) is 5. The maximum Gasteiger partial charge on any atom is 0.290 e. The minimum absolute atomic E-state index is 0.158. The maximum atomic E-state index is 12.8. The lowest BCUT2D eigenvalue weighted by Gasteiger charge is -2.13. The number of nitrogens with zero attached hydrogens (tertiary/aromatic N) is 3. The number of aromatic nitrogens is 3. The average Bonchev–Trinajstić information content (AvgIpc) is 2.76. The smallest absolute Gasteiger partial charge is 0.290 e. The van der Waals surface area contributed by atoms with E-state index < -0.39 is 0 Å². The molecule has 0 bridgehead atoms. The summed E-state index contributed by atoms with van der Waals surface area (Å²) >= 11 is 0. The Morgan fingerprint density at radius 1 is 1.03 bits per heavy atom. The van der Waals surface area contributed by atoms with Crippen LogP contribution < -0.4 is 15.6 Å². The van der Waals surface area contributed by atoms with Crippen molar-refractivity contribution in [2.45, 2.75) is 19.9 Å². The van der Waals surface area contributed by atoms with Crippen LogP contribution in [0.4, 0.5) is 11.4 Å². The highest BCUT2D eigenvalue weighted by molar-refractivity contribution is 5.94. The van der Waals surface area contributed by atoms with E-state index in [0.717, 1.165) is 33.5 Å². The fourth-order valence-corrected chi connectivity index (χ4v) is 3.34. The van der Waals surface area contributed by atoms with Crippen LogP contribution in [0.3, 0.4) is 0 Å². The molecular weight excluding hydrogens is 364 g/mol. The Labute approximate surface area is 168 Å². The van der Waals surface area contributed by atoms with Gasteiger partial charge in [-0.25, -0.2) is 4.68 Å². The molecule has 0 saturated carbocycles. The second-order valence-electron chi connectivity index (χ2n) is 6.73. The first-order valence-electron chi connectivity index (χ1n) is 9.51. The minimum Gasteiger partial charge on any atom is -0.497 e. The molecule has 4 rings (SSSR count). The van der Waals surface area contributed by atoms with Gasteiger partial charge in [-0.15, -0.1) is 0 Å². The highest BCUT2D eigenvalue weighted by Gasteiger charge is 2.11. The lowest BCUT2D eigenvalue weighted by atomic mass is 10.1. The summed E-state index contributed by atoms with van der Waals surface area (Å²) in [5.74, 6) is 0.798. The van der Waals surface area contributed by atoms with Crippen LogP contribution in [-0.2, 0) is 13.0 Å². The molecule has 0 amide bonds. The van der Waals surface area contributed by atoms with Gasteiger partial charge < -0.3 is 10.1 Å². The molecule has 2 aromatic carbocycles. The van der Waals surface area contributed by atoms with Crippen LogP contribution >= 0.6 is 0 Å². The van der Waals surface area contributed by atoms with Crippen molar-refractivity contribution < 1.29 is 4.74 Å². The van der Waals surface area contributed by atoms with Gasteiger partial charge in [0.15, 0.2) is 0 Å². The third kappa shape index (κ3) is 3.96. The van der Waals surface area contributed by atoms with Gasteiger partial charge in [0.1, 0.15) is 11.4 Å². The number of fused-ring (bicyclic) bond motifs is 1. The quantitative estimate of drug-likeness (QED) is 0.539. The standard InChI is InChI=1S/C23H22N4O2/c1-3-27-23(28)21(25-22-15-24-14-17-8-4-5-10-20(17)22)13-18(26-27)11-16-7-6-9-19(12-16)29-2/h4-10,12-15,25H,3,11H2,1-2H3. The molecule has 0 spiro atoms. The molecule has 0 radical (unpaired) electrons. The van der Waals surface area contributed by atoms with Crippen molar-refractivity contribution in [3.05, 3.63) is 88.6 Å². The SMILES string of the molecule is CCn1nc(Cc2cccc(OC)c2)cc(Nc2cncc3ccccc23)c1=O. The summed E-state index contributed by atoms with van der Waals surface area (Å²) in [6.45, 7) is 2.40. The van der Waals surface area contributed by atoms with Gasteiger partial charge in [-0.1, -0.05) is 36.4 Å². The first-order chi connectivity index (χ1) is 14.2. The van der Waals surface area contributed by atoms with Crippen LogP contribution in [0.1, 0.15) is 18.2 Å². The Morgan fingerprint density at radius 2 is 1.90 bits per heavy atom. The summed E-state index contributed by atoms with van der Waals surface area (Å²) < 4.78 is 6.79. The van der Waals surface area contributed by atoms with Gasteiger partial charge in [0.2, 0.25) is 0 Å². The highest BCUT2D eigenvalue weighted by atomic mass is 16.5. The molecule has 29 heavy (non-hydrogen) atoms. The normalized spacial score (nSPS) is 10.8. The molecule has 0 aliphatic carbocycles. The first kappa shape index (κ1) is 18.7. The largest absolute Gasteiger partial charge is 0.497 e. The number of ether oxygens (including phenoxy) is 1. The third-order valence-corrected chi connectivity index (χ3v) is 4.78. The Morgan fingerprint density at radius 3 is 2.72 bits per heavy atom. The molecule has 0 aliphatic rings. The predicted octanol–water partition coefficient (Wildman–Crippen LogP) is 4.15. The number of nitrogens with one attached hydrogen (secondary N) is 1. The molecule has 0 atom stereocenters. The van der Waals surface area contributed by atoms with Crippen molar-refractivity contribution in [2.75, 3.05) is 12.4 Å². The molecule has 0 unspecified atom stereocenters. The average molecular weight is 386 g/mol. The van der Waals surface area contributed by atoms with E-state index in [9.17, 15) is 4.79 Å². The van der Waals surface area contributed by atoms with Gasteiger partial charge in [-0.2, -0.15) is 5.10 Å². The molecule has 1 N–H and O–H groups in total. The summed E-state index contributed by atoms with van der Waals surface area (Å²) in [6, 6.07) is 17.6. The molecule has 146 valence electrons. The van der Waals surface area contributed by atoms with Crippen LogP contribution in [0, 0.1) is 0 Å². The van der Waals surface area contributed by atoms with E-state index in [4.69, 9.17) is 4.74 Å². The number of rotatable bonds is 6. The molecule has 2 aromatic heterocycles. The molecule has 2 heterocycles. The molecule has 0 aliphatic heterocycles. The zero-order valence-corrected chi connectivity index (χ0v) is 16.4. The number of benzene rings is 2. The van der Waals surface area contributed by atoms with Crippen molar-refractivity contribution >= 4 is 22.1 Å². The Balaban J connectivity index is 1.73. The van der Waals surface area contributed by atoms with E-state index in [-0.39, 0.29) is 5.56 Å². The fraction of sp³-hybridized carbons (Fsp3) is 0.174. The Kier molecular flexibility index (Phi) is 5.24. The second kappa shape index (κ2) is 8.14. The van der Waals surface area contributed by atoms with Crippen LogP contribution in [0.15, 0.2) is 71.8 Å². The van der Waals surface area contributed by atoms with Crippen LogP contribution in [0.5, 0.6) is 5.75 Å². The van der Waals surface area contributed by atoms with Gasteiger partial charge in [0.25, 0.3) is 5.56 Å². The molecular formula is C23H22N4O2. The summed E-state index contributed by atoms with van der Waals surface area (Å²) in [6.07, 6.45) is 4.14. The molecule has 0 fully saturated rings. The van der Waals surface area contributed by atoms with E-state index in [1.54, 1.807) is 13.3 Å². The Bertz CT molecular complexity index is 1210. The van der Waals surface area contributed by atoms with Crippen LogP contribution in [0.25, 0.3) is 10.8 Å². The molecule has 6 nitrogen and oxygen atoms in total. The zero-order chi connectivity index (χ0) is 20.2. The fourth-order valence-electron chi connectivity index (χ4n) is 3.34.